The van der Waals surface area contributed by atoms with Gasteiger partial charge in [-0.25, -0.2) is 9.59 Å². The number of ether oxygens (including phenoxy) is 3. The van der Waals surface area contributed by atoms with Crippen molar-refractivity contribution in [3.05, 3.63) is 67.7 Å². The smallest absolute Gasteiger partial charge is 0.340 e. The number of carbonyl (C=O) groups excluding carboxylic acids is 1. The topological polar surface area (TPSA) is 136 Å². The minimum absolute atomic E-state index is 0.0333. The molecule has 0 aliphatic carbocycles. The van der Waals surface area contributed by atoms with Gasteiger partial charge in [0, 0.05) is 5.56 Å². The van der Waals surface area contributed by atoms with Gasteiger partial charge in [-0.15, -0.1) is 0 Å². The maximum absolute atomic E-state index is 12.6. The maximum atomic E-state index is 12.6. The van der Waals surface area contributed by atoms with Crippen LogP contribution in [0.25, 0.3) is 0 Å². The SMILES string of the molecule is CCOC(=O)C1=C(N)Oc2[nH]c(=O)[nH]c(=O)c2[C@H]1c1ccccc1OCC. The van der Waals surface area contributed by atoms with E-state index in [2.05, 4.69) is 9.97 Å². The number of hydrogen-bond acceptors (Lipinski definition) is 7. The molecule has 1 aliphatic heterocycles. The standard InChI is InChI=1S/C18H19N3O6/c1-3-25-10-8-6-5-7-9(10)11-12(17(23)26-4-2)14(19)27-16-13(11)15(22)20-18(24)21-16/h5-8,11H,3-4,19H2,1-2H3,(H2,20,21,22,24)/t11-/m0/s1. The summed E-state index contributed by atoms with van der Waals surface area (Å²) in [7, 11) is 0. The van der Waals surface area contributed by atoms with E-state index in [1.807, 2.05) is 6.92 Å². The van der Waals surface area contributed by atoms with E-state index in [1.54, 1.807) is 31.2 Å². The first-order valence-electron chi connectivity index (χ1n) is 8.40. The molecule has 0 fully saturated rings. The van der Waals surface area contributed by atoms with E-state index in [0.717, 1.165) is 0 Å². The van der Waals surface area contributed by atoms with Crippen molar-refractivity contribution in [3.8, 4) is 11.6 Å². The molecule has 0 radical (unpaired) electrons. The molecule has 0 saturated heterocycles. The van der Waals surface area contributed by atoms with Crippen LogP contribution in [0.15, 0.2) is 45.3 Å². The van der Waals surface area contributed by atoms with Gasteiger partial charge in [-0.1, -0.05) is 18.2 Å². The second-order valence-electron chi connectivity index (χ2n) is 5.66. The molecule has 27 heavy (non-hydrogen) atoms. The third-order valence-electron chi connectivity index (χ3n) is 4.02. The Morgan fingerprint density at radius 1 is 1.19 bits per heavy atom. The summed E-state index contributed by atoms with van der Waals surface area (Å²) in [4.78, 5) is 41.3. The Hall–Kier alpha value is -3.49. The van der Waals surface area contributed by atoms with E-state index in [0.29, 0.717) is 17.9 Å². The number of aromatic nitrogens is 2. The number of aromatic amines is 2. The van der Waals surface area contributed by atoms with Crippen LogP contribution in [0.3, 0.4) is 0 Å². The van der Waals surface area contributed by atoms with Crippen LogP contribution in [0.5, 0.6) is 11.6 Å². The van der Waals surface area contributed by atoms with Gasteiger partial charge in [0.25, 0.3) is 5.56 Å². The average molecular weight is 373 g/mol. The first-order valence-corrected chi connectivity index (χ1v) is 8.40. The molecule has 4 N–H and O–H groups in total. The number of benzene rings is 1. The lowest BCUT2D eigenvalue weighted by molar-refractivity contribution is -0.139. The molecule has 0 bridgehead atoms. The largest absolute Gasteiger partial charge is 0.494 e. The van der Waals surface area contributed by atoms with Gasteiger partial charge in [0.2, 0.25) is 11.8 Å². The second kappa shape index (κ2) is 7.40. The molecule has 3 rings (SSSR count). The highest BCUT2D eigenvalue weighted by molar-refractivity contribution is 5.92. The summed E-state index contributed by atoms with van der Waals surface area (Å²) in [5.74, 6) is -1.55. The number of esters is 1. The lowest BCUT2D eigenvalue weighted by Gasteiger charge is -2.28. The zero-order valence-corrected chi connectivity index (χ0v) is 14.8. The summed E-state index contributed by atoms with van der Waals surface area (Å²) in [6.07, 6.45) is 0. The van der Waals surface area contributed by atoms with E-state index in [1.165, 1.54) is 0 Å². The highest BCUT2D eigenvalue weighted by Gasteiger charge is 2.39. The van der Waals surface area contributed by atoms with Crippen molar-refractivity contribution in [2.75, 3.05) is 13.2 Å². The summed E-state index contributed by atoms with van der Waals surface area (Å²) < 4.78 is 16.1. The molecule has 1 atom stereocenters. The van der Waals surface area contributed by atoms with Crippen LogP contribution in [0.4, 0.5) is 0 Å². The predicted molar refractivity (Wildman–Crippen MR) is 95.6 cm³/mol. The van der Waals surface area contributed by atoms with Crippen molar-refractivity contribution in [2.24, 2.45) is 5.73 Å². The van der Waals surface area contributed by atoms with Gasteiger partial charge >= 0.3 is 11.7 Å². The molecule has 2 heterocycles. The number of para-hydroxylation sites is 1. The molecule has 2 aromatic rings. The number of nitrogens with two attached hydrogens (primary N) is 1. The van der Waals surface area contributed by atoms with Crippen LogP contribution in [-0.4, -0.2) is 29.2 Å². The third kappa shape index (κ3) is 3.31. The van der Waals surface area contributed by atoms with Crippen LogP contribution >= 0.6 is 0 Å². The number of H-pyrrole nitrogens is 2. The Morgan fingerprint density at radius 3 is 2.63 bits per heavy atom. The summed E-state index contributed by atoms with van der Waals surface area (Å²) in [5.41, 5.74) is 5.04. The molecule has 9 nitrogen and oxygen atoms in total. The van der Waals surface area contributed by atoms with Crippen LogP contribution in [0.2, 0.25) is 0 Å². The molecule has 1 aromatic carbocycles. The van der Waals surface area contributed by atoms with Crippen LogP contribution in [0, 0.1) is 0 Å². The number of carbonyl (C=O) groups is 1. The monoisotopic (exact) mass is 373 g/mol. The second-order valence-corrected chi connectivity index (χ2v) is 5.66. The Balaban J connectivity index is 2.31. The van der Waals surface area contributed by atoms with E-state index < -0.39 is 23.1 Å². The Bertz CT molecular complexity index is 1020. The summed E-state index contributed by atoms with van der Waals surface area (Å²) in [6, 6.07) is 6.93. The van der Waals surface area contributed by atoms with Crippen LogP contribution in [-0.2, 0) is 9.53 Å². The summed E-state index contributed by atoms with van der Waals surface area (Å²) in [6.45, 7) is 3.96. The number of nitrogens with one attached hydrogen (secondary N) is 2. The molecule has 9 heteroatoms. The highest BCUT2D eigenvalue weighted by Crippen LogP contribution is 2.42. The first-order chi connectivity index (χ1) is 13.0. The zero-order chi connectivity index (χ0) is 19.6. The Kier molecular flexibility index (Phi) is 5.02. The zero-order valence-electron chi connectivity index (χ0n) is 14.8. The number of fused-ring (bicyclic) bond motifs is 1. The van der Waals surface area contributed by atoms with Crippen molar-refractivity contribution in [2.45, 2.75) is 19.8 Å². The van der Waals surface area contributed by atoms with E-state index >= 15 is 0 Å². The van der Waals surface area contributed by atoms with Gasteiger partial charge in [-0.2, -0.15) is 0 Å². The maximum Gasteiger partial charge on any atom is 0.340 e. The minimum atomic E-state index is -0.934. The van der Waals surface area contributed by atoms with Crippen LogP contribution in [0.1, 0.15) is 30.9 Å². The van der Waals surface area contributed by atoms with E-state index in [9.17, 15) is 14.4 Å². The minimum Gasteiger partial charge on any atom is -0.494 e. The first kappa shape index (κ1) is 18.3. The molecule has 1 aliphatic rings. The van der Waals surface area contributed by atoms with Gasteiger partial charge in [-0.05, 0) is 19.9 Å². The van der Waals surface area contributed by atoms with Crippen molar-refractivity contribution < 1.29 is 19.0 Å². The highest BCUT2D eigenvalue weighted by atomic mass is 16.5. The molecular formula is C18H19N3O6. The van der Waals surface area contributed by atoms with Gasteiger partial charge in [0.05, 0.1) is 24.7 Å². The predicted octanol–water partition coefficient (Wildman–Crippen LogP) is 0.720. The average Bonchev–Trinajstić information content (AvgIpc) is 2.61. The fourth-order valence-corrected chi connectivity index (χ4v) is 3.01. The normalized spacial score (nSPS) is 15.7. The Labute approximate surface area is 153 Å². The van der Waals surface area contributed by atoms with Crippen molar-refractivity contribution in [1.29, 1.82) is 0 Å². The van der Waals surface area contributed by atoms with Gasteiger partial charge in [0.15, 0.2) is 0 Å². The van der Waals surface area contributed by atoms with Crippen LogP contribution < -0.4 is 26.5 Å². The molecule has 1 aromatic heterocycles. The lowest BCUT2D eigenvalue weighted by atomic mass is 9.84. The van der Waals surface area contributed by atoms with Crippen molar-refractivity contribution >= 4 is 5.97 Å². The third-order valence-corrected chi connectivity index (χ3v) is 4.02. The number of rotatable bonds is 5. The summed E-state index contributed by atoms with van der Waals surface area (Å²) in [5, 5.41) is 0. The van der Waals surface area contributed by atoms with Crippen molar-refractivity contribution in [1.82, 2.24) is 9.97 Å². The lowest BCUT2D eigenvalue weighted by Crippen LogP contribution is -2.36. The fraction of sp³-hybridized carbons (Fsp3) is 0.278. The summed E-state index contributed by atoms with van der Waals surface area (Å²) >= 11 is 0. The van der Waals surface area contributed by atoms with Gasteiger partial charge in [0.1, 0.15) is 11.3 Å². The van der Waals surface area contributed by atoms with Gasteiger partial charge < -0.3 is 19.9 Å². The molecule has 0 spiro atoms. The van der Waals surface area contributed by atoms with E-state index in [4.69, 9.17) is 19.9 Å². The molecule has 142 valence electrons. The van der Waals surface area contributed by atoms with Gasteiger partial charge in [-0.3, -0.25) is 14.8 Å². The molecule has 0 amide bonds. The fourth-order valence-electron chi connectivity index (χ4n) is 3.01. The number of hydrogen-bond donors (Lipinski definition) is 3. The van der Waals surface area contributed by atoms with Crippen molar-refractivity contribution in [3.63, 3.8) is 0 Å². The van der Waals surface area contributed by atoms with E-state index in [-0.39, 0.29) is 29.5 Å². The Morgan fingerprint density at radius 2 is 1.93 bits per heavy atom. The molecule has 0 unspecified atom stereocenters. The molecule has 0 saturated carbocycles. The quantitative estimate of drug-likeness (QED) is 0.657. The molecular weight excluding hydrogens is 354 g/mol.